The van der Waals surface area contributed by atoms with Crippen LogP contribution in [0.15, 0.2) is 30.3 Å². The summed E-state index contributed by atoms with van der Waals surface area (Å²) in [4.78, 5) is 27.8. The van der Waals surface area contributed by atoms with Gasteiger partial charge in [0.05, 0.1) is 17.8 Å². The molecule has 4 bridgehead atoms. The second kappa shape index (κ2) is 9.26. The quantitative estimate of drug-likeness (QED) is 0.488. The second-order valence-corrected chi connectivity index (χ2v) is 13.5. The Kier molecular flexibility index (Phi) is 6.46. The lowest BCUT2D eigenvalue weighted by molar-refractivity contribution is -0.356. The molecule has 39 heavy (non-hydrogen) atoms. The number of rotatable bonds is 5. The normalized spacial score (nSPS) is 46.6. The average Bonchev–Trinajstić information content (AvgIpc) is 2.91. The number of hydrogen-bond donors (Lipinski definition) is 3. The van der Waals surface area contributed by atoms with Gasteiger partial charge in [-0.15, -0.1) is 0 Å². The van der Waals surface area contributed by atoms with E-state index in [-0.39, 0.29) is 23.9 Å². The third-order valence-corrected chi connectivity index (χ3v) is 11.7. The van der Waals surface area contributed by atoms with Crippen LogP contribution >= 0.6 is 0 Å². The summed E-state index contributed by atoms with van der Waals surface area (Å²) in [6.07, 6.45) is 1.97. The van der Waals surface area contributed by atoms with Crippen LogP contribution in [0.25, 0.3) is 0 Å². The topological polar surface area (TPSA) is 117 Å². The van der Waals surface area contributed by atoms with E-state index in [1.807, 2.05) is 6.07 Å². The minimum atomic E-state index is -1.73. The number of aliphatic hydroxyl groups is 3. The van der Waals surface area contributed by atoms with Gasteiger partial charge >= 0.3 is 11.9 Å². The van der Waals surface area contributed by atoms with Gasteiger partial charge in [0.25, 0.3) is 0 Å². The average molecular weight is 542 g/mol. The van der Waals surface area contributed by atoms with Crippen molar-refractivity contribution < 1.29 is 34.4 Å². The zero-order valence-corrected chi connectivity index (χ0v) is 23.3. The first kappa shape index (κ1) is 27.2. The van der Waals surface area contributed by atoms with E-state index in [1.165, 1.54) is 6.92 Å². The maximum atomic E-state index is 12.9. The summed E-state index contributed by atoms with van der Waals surface area (Å²) >= 11 is 0. The van der Waals surface area contributed by atoms with Crippen LogP contribution in [0.3, 0.4) is 0 Å². The Morgan fingerprint density at radius 3 is 2.46 bits per heavy atom. The molecule has 1 unspecified atom stereocenters. The van der Waals surface area contributed by atoms with E-state index >= 15 is 0 Å². The minimum absolute atomic E-state index is 0.0317. The van der Waals surface area contributed by atoms with Crippen LogP contribution in [0.1, 0.15) is 69.7 Å². The molecule has 3 N–H and O–H groups in total. The van der Waals surface area contributed by atoms with Crippen LogP contribution in [0, 0.1) is 34.0 Å². The summed E-state index contributed by atoms with van der Waals surface area (Å²) in [5.74, 6) is -1.82. The van der Waals surface area contributed by atoms with Gasteiger partial charge in [-0.25, -0.2) is 4.79 Å². The number of aliphatic hydroxyl groups excluding tert-OH is 2. The Balaban J connectivity index is 1.42. The number of piperidine rings is 1. The van der Waals surface area contributed by atoms with Crippen molar-refractivity contribution in [2.75, 3.05) is 26.2 Å². The van der Waals surface area contributed by atoms with Gasteiger partial charge < -0.3 is 29.7 Å². The first-order valence-electron chi connectivity index (χ1n) is 14.7. The zero-order chi connectivity index (χ0) is 27.8. The Morgan fingerprint density at radius 1 is 1.05 bits per heavy atom. The molecule has 1 heterocycles. The van der Waals surface area contributed by atoms with Gasteiger partial charge in [0.15, 0.2) is 0 Å². The van der Waals surface area contributed by atoms with Crippen LogP contribution in [0.2, 0.25) is 0 Å². The van der Waals surface area contributed by atoms with Crippen molar-refractivity contribution in [1.82, 2.24) is 4.90 Å². The third-order valence-electron chi connectivity index (χ3n) is 11.7. The number of nitrogens with zero attached hydrogens (tertiary/aromatic N) is 1. The number of carbonyl (C=O) groups is 2. The standard InChI is InChI=1S/C31H43NO7/c1-4-32-16-28(3)13-12-23(34)30(17-32)22(28)11-15-29-14-10-21(24(35)25(29)30)31(37,27(29)39-19(2)33)18-38-26(36)20-8-6-5-7-9-20/h5-9,21-25,27,34-35,37H,4,10-18H2,1-3H3/t21-,22+,23-,24-,25+,27+,28?,29-,30-,31-/m0/s1. The van der Waals surface area contributed by atoms with Crippen molar-refractivity contribution in [2.45, 2.75) is 83.2 Å². The SMILES string of the molecule is CCN1CC2(C)CC[C@H](O)[C@]3(C1)[C@@H]2CC[C@@]12CC[C@@H]([C@H](O)[C@H]13)[C@@](O)(COC(=O)c1ccccc1)[C@@H]2OC(C)=O. The lowest BCUT2D eigenvalue weighted by Crippen LogP contribution is -2.82. The van der Waals surface area contributed by atoms with Gasteiger partial charge in [-0.2, -0.15) is 0 Å². The number of likely N-dealkylation sites (tertiary alicyclic amines) is 1. The molecule has 1 aromatic carbocycles. The lowest BCUT2D eigenvalue weighted by Gasteiger charge is -2.76. The molecule has 0 amide bonds. The summed E-state index contributed by atoms with van der Waals surface area (Å²) in [7, 11) is 0. The number of carbonyl (C=O) groups excluding carboxylic acids is 2. The number of ether oxygens (including phenoxy) is 2. The first-order chi connectivity index (χ1) is 18.5. The van der Waals surface area contributed by atoms with Crippen LogP contribution < -0.4 is 0 Å². The smallest absolute Gasteiger partial charge is 0.338 e. The Morgan fingerprint density at radius 2 is 1.77 bits per heavy atom. The van der Waals surface area contributed by atoms with Crippen molar-refractivity contribution in [3.05, 3.63) is 35.9 Å². The third kappa shape index (κ3) is 3.70. The summed E-state index contributed by atoms with van der Waals surface area (Å²) in [6.45, 7) is 8.00. The minimum Gasteiger partial charge on any atom is -0.459 e. The molecule has 8 heteroatoms. The highest BCUT2D eigenvalue weighted by atomic mass is 16.6. The summed E-state index contributed by atoms with van der Waals surface area (Å²) in [5.41, 5.74) is -2.61. The van der Waals surface area contributed by atoms with Crippen LogP contribution in [0.4, 0.5) is 0 Å². The van der Waals surface area contributed by atoms with Crippen LogP contribution in [0.5, 0.6) is 0 Å². The fourth-order valence-corrected chi connectivity index (χ4v) is 10.5. The van der Waals surface area contributed by atoms with Gasteiger partial charge in [0.2, 0.25) is 0 Å². The molecular formula is C31H43NO7. The Labute approximate surface area is 230 Å². The molecule has 5 saturated carbocycles. The molecule has 10 atom stereocenters. The van der Waals surface area contributed by atoms with E-state index in [0.717, 1.165) is 25.9 Å². The number of hydrogen-bond acceptors (Lipinski definition) is 8. The molecule has 6 fully saturated rings. The second-order valence-electron chi connectivity index (χ2n) is 13.5. The highest BCUT2D eigenvalue weighted by molar-refractivity contribution is 5.89. The molecular weight excluding hydrogens is 498 g/mol. The summed E-state index contributed by atoms with van der Waals surface area (Å²) < 4.78 is 11.7. The zero-order valence-electron chi connectivity index (χ0n) is 23.3. The largest absolute Gasteiger partial charge is 0.459 e. The summed E-state index contributed by atoms with van der Waals surface area (Å²) in [6, 6.07) is 8.59. The molecule has 6 aliphatic rings. The predicted octanol–water partition coefficient (Wildman–Crippen LogP) is 2.79. The Bertz CT molecular complexity index is 1130. The van der Waals surface area contributed by atoms with Gasteiger partial charge in [-0.1, -0.05) is 32.0 Å². The van der Waals surface area contributed by atoms with Crippen molar-refractivity contribution in [3.8, 4) is 0 Å². The van der Waals surface area contributed by atoms with Crippen molar-refractivity contribution in [2.24, 2.45) is 34.0 Å². The van der Waals surface area contributed by atoms with E-state index in [4.69, 9.17) is 9.47 Å². The first-order valence-corrected chi connectivity index (χ1v) is 14.7. The van der Waals surface area contributed by atoms with Crippen molar-refractivity contribution >= 4 is 11.9 Å². The van der Waals surface area contributed by atoms with E-state index in [1.54, 1.807) is 24.3 Å². The van der Waals surface area contributed by atoms with Crippen LogP contribution in [-0.2, 0) is 14.3 Å². The fourth-order valence-electron chi connectivity index (χ4n) is 10.5. The molecule has 8 nitrogen and oxygen atoms in total. The predicted molar refractivity (Wildman–Crippen MR) is 143 cm³/mol. The number of esters is 2. The van der Waals surface area contributed by atoms with Gasteiger partial charge in [-0.3, -0.25) is 4.79 Å². The summed E-state index contributed by atoms with van der Waals surface area (Å²) in [5, 5.41) is 36.3. The number of benzene rings is 1. The van der Waals surface area contributed by atoms with Gasteiger partial charge in [-0.05, 0) is 68.5 Å². The molecule has 7 rings (SSSR count). The number of fused-ring (bicyclic) bond motifs is 2. The van der Waals surface area contributed by atoms with Gasteiger partial charge in [0, 0.05) is 42.7 Å². The highest BCUT2D eigenvalue weighted by Crippen LogP contribution is 2.74. The molecule has 5 aliphatic carbocycles. The van der Waals surface area contributed by atoms with Crippen molar-refractivity contribution in [3.63, 3.8) is 0 Å². The molecule has 1 spiro atoms. The van der Waals surface area contributed by atoms with E-state index in [0.29, 0.717) is 37.8 Å². The maximum Gasteiger partial charge on any atom is 0.338 e. The lowest BCUT2D eigenvalue weighted by atomic mass is 9.32. The molecule has 0 radical (unpaired) electrons. The van der Waals surface area contributed by atoms with Crippen LogP contribution in [-0.4, -0.2) is 82.3 Å². The molecule has 1 aliphatic heterocycles. The molecule has 1 aromatic rings. The molecule has 214 valence electrons. The Hall–Kier alpha value is -2.00. The molecule has 1 saturated heterocycles. The maximum absolute atomic E-state index is 12.9. The molecule has 0 aromatic heterocycles. The van der Waals surface area contributed by atoms with E-state index in [2.05, 4.69) is 18.7 Å². The highest BCUT2D eigenvalue weighted by Gasteiger charge is 2.79. The van der Waals surface area contributed by atoms with E-state index in [9.17, 15) is 24.9 Å². The van der Waals surface area contributed by atoms with E-state index < -0.39 is 52.6 Å². The monoisotopic (exact) mass is 541 g/mol. The van der Waals surface area contributed by atoms with Crippen molar-refractivity contribution in [1.29, 1.82) is 0 Å². The van der Waals surface area contributed by atoms with Gasteiger partial charge in [0.1, 0.15) is 18.3 Å². The fraction of sp³-hybridized carbons (Fsp3) is 0.742.